The molecule has 0 saturated carbocycles. The lowest BCUT2D eigenvalue weighted by molar-refractivity contribution is 0.0606. The first-order chi connectivity index (χ1) is 6.11. The summed E-state index contributed by atoms with van der Waals surface area (Å²) >= 11 is 1.08. The number of nitrogens with two attached hydrogens (primary N) is 1. The van der Waals surface area contributed by atoms with Gasteiger partial charge in [-0.15, -0.1) is 11.3 Å². The predicted molar refractivity (Wildman–Crippen MR) is 49.5 cm³/mol. The quantitative estimate of drug-likeness (QED) is 0.687. The van der Waals surface area contributed by atoms with Crippen molar-refractivity contribution in [2.45, 2.75) is 6.92 Å². The Morgan fingerprint density at radius 1 is 1.69 bits per heavy atom. The predicted octanol–water partition coefficient (Wildman–Crippen LogP) is 1.30. The first kappa shape index (κ1) is 9.55. The molecule has 13 heavy (non-hydrogen) atoms. The number of hydrogen-bond donors (Lipinski definition) is 1. The van der Waals surface area contributed by atoms with Gasteiger partial charge in [0, 0.05) is 5.56 Å². The minimum Gasteiger partial charge on any atom is -0.465 e. The number of hydrogen-bond acceptors (Lipinski definition) is 5. The minimum atomic E-state index is -0.513. The molecular formula is C8H8N2O2S. The highest BCUT2D eigenvalue weighted by Gasteiger charge is 2.19. The first-order valence-corrected chi connectivity index (χ1v) is 4.30. The number of rotatable bonds is 1. The number of nitrogen functional groups attached to an aromatic ring is 1. The summed E-state index contributed by atoms with van der Waals surface area (Å²) in [5, 5.41) is 9.23. The molecule has 0 atom stereocenters. The first-order valence-electron chi connectivity index (χ1n) is 3.49. The van der Waals surface area contributed by atoms with Gasteiger partial charge in [0.25, 0.3) is 0 Å². The lowest BCUT2D eigenvalue weighted by Crippen LogP contribution is -2.00. The van der Waals surface area contributed by atoms with Crippen LogP contribution in [0.4, 0.5) is 5.00 Å². The van der Waals surface area contributed by atoms with E-state index in [0.717, 1.165) is 11.3 Å². The van der Waals surface area contributed by atoms with Gasteiger partial charge in [0.1, 0.15) is 10.9 Å². The van der Waals surface area contributed by atoms with Crippen LogP contribution in [0.1, 0.15) is 20.8 Å². The van der Waals surface area contributed by atoms with Crippen molar-refractivity contribution in [1.29, 1.82) is 5.26 Å². The topological polar surface area (TPSA) is 76.1 Å². The molecule has 0 saturated heterocycles. The van der Waals surface area contributed by atoms with Gasteiger partial charge in [-0.25, -0.2) is 4.79 Å². The van der Waals surface area contributed by atoms with Crippen molar-refractivity contribution in [3.63, 3.8) is 0 Å². The third-order valence-electron chi connectivity index (χ3n) is 1.67. The molecule has 68 valence electrons. The van der Waals surface area contributed by atoms with E-state index >= 15 is 0 Å². The molecule has 0 bridgehead atoms. The maximum Gasteiger partial charge on any atom is 0.349 e. The summed E-state index contributed by atoms with van der Waals surface area (Å²) in [4.78, 5) is 11.4. The van der Waals surface area contributed by atoms with Gasteiger partial charge in [-0.05, 0) is 6.92 Å². The summed E-state index contributed by atoms with van der Waals surface area (Å²) in [6.07, 6.45) is 0. The molecule has 0 unspecified atom stereocenters. The van der Waals surface area contributed by atoms with Gasteiger partial charge in [-0.2, -0.15) is 5.26 Å². The number of nitriles is 1. The molecule has 0 aliphatic carbocycles. The van der Waals surface area contributed by atoms with E-state index in [1.54, 1.807) is 6.92 Å². The van der Waals surface area contributed by atoms with Gasteiger partial charge >= 0.3 is 5.97 Å². The van der Waals surface area contributed by atoms with Gasteiger partial charge in [-0.1, -0.05) is 0 Å². The van der Waals surface area contributed by atoms with E-state index in [2.05, 4.69) is 4.74 Å². The average molecular weight is 196 g/mol. The third kappa shape index (κ3) is 1.48. The fraction of sp³-hybridized carbons (Fsp3) is 0.250. The third-order valence-corrected chi connectivity index (χ3v) is 2.77. The number of thiophene rings is 1. The Bertz CT molecular complexity index is 390. The van der Waals surface area contributed by atoms with Crippen molar-refractivity contribution in [2.75, 3.05) is 12.8 Å². The zero-order valence-corrected chi connectivity index (χ0v) is 8.07. The summed E-state index contributed by atoms with van der Waals surface area (Å²) in [6.45, 7) is 1.71. The highest BCUT2D eigenvalue weighted by molar-refractivity contribution is 7.18. The standard InChI is InChI=1S/C8H8N2O2S/c1-4-5(3-9)6(8(11)12-2)13-7(4)10/h10H2,1-2H3. The van der Waals surface area contributed by atoms with Gasteiger partial charge < -0.3 is 10.5 Å². The largest absolute Gasteiger partial charge is 0.465 e. The van der Waals surface area contributed by atoms with Gasteiger partial charge in [0.05, 0.1) is 17.7 Å². The van der Waals surface area contributed by atoms with Gasteiger partial charge in [-0.3, -0.25) is 0 Å². The number of anilines is 1. The number of ether oxygens (including phenoxy) is 1. The number of nitrogens with zero attached hydrogens (tertiary/aromatic N) is 1. The van der Waals surface area contributed by atoms with E-state index in [1.807, 2.05) is 6.07 Å². The molecule has 0 aromatic carbocycles. The van der Waals surface area contributed by atoms with E-state index < -0.39 is 5.97 Å². The van der Waals surface area contributed by atoms with E-state index in [-0.39, 0.29) is 4.88 Å². The van der Waals surface area contributed by atoms with Crippen LogP contribution in [0.2, 0.25) is 0 Å². The zero-order valence-electron chi connectivity index (χ0n) is 7.25. The molecule has 1 rings (SSSR count). The summed E-state index contributed by atoms with van der Waals surface area (Å²) < 4.78 is 4.51. The van der Waals surface area contributed by atoms with E-state index in [4.69, 9.17) is 11.0 Å². The number of carbonyl (C=O) groups excluding carboxylic acids is 1. The van der Waals surface area contributed by atoms with Crippen LogP contribution in [-0.4, -0.2) is 13.1 Å². The number of carbonyl (C=O) groups is 1. The monoisotopic (exact) mass is 196 g/mol. The highest BCUT2D eigenvalue weighted by Crippen LogP contribution is 2.29. The average Bonchev–Trinajstić information content (AvgIpc) is 2.42. The Kier molecular flexibility index (Phi) is 2.54. The summed E-state index contributed by atoms with van der Waals surface area (Å²) in [5.41, 5.74) is 6.53. The zero-order chi connectivity index (χ0) is 10.0. The van der Waals surface area contributed by atoms with Crippen molar-refractivity contribution < 1.29 is 9.53 Å². The number of esters is 1. The van der Waals surface area contributed by atoms with Crippen LogP contribution in [0.3, 0.4) is 0 Å². The molecule has 1 heterocycles. The van der Waals surface area contributed by atoms with Crippen LogP contribution >= 0.6 is 11.3 Å². The van der Waals surface area contributed by atoms with Gasteiger partial charge in [0.2, 0.25) is 0 Å². The molecule has 1 aromatic rings. The maximum absolute atomic E-state index is 11.1. The minimum absolute atomic E-state index is 0.278. The Balaban J connectivity index is 3.31. The van der Waals surface area contributed by atoms with Crippen LogP contribution in [0.15, 0.2) is 0 Å². The lowest BCUT2D eigenvalue weighted by Gasteiger charge is -1.93. The molecule has 0 spiro atoms. The highest BCUT2D eigenvalue weighted by atomic mass is 32.1. The molecular weight excluding hydrogens is 188 g/mol. The second-order valence-corrected chi connectivity index (χ2v) is 3.45. The van der Waals surface area contributed by atoms with Crippen molar-refractivity contribution in [3.8, 4) is 6.07 Å². The Hall–Kier alpha value is -1.54. The second-order valence-electron chi connectivity index (χ2n) is 2.40. The fourth-order valence-corrected chi connectivity index (χ4v) is 1.84. The van der Waals surface area contributed by atoms with Crippen molar-refractivity contribution >= 4 is 22.3 Å². The van der Waals surface area contributed by atoms with Crippen LogP contribution in [0, 0.1) is 18.3 Å². The molecule has 0 aliphatic heterocycles. The van der Waals surface area contributed by atoms with Crippen LogP contribution in [0.25, 0.3) is 0 Å². The second kappa shape index (κ2) is 3.46. The van der Waals surface area contributed by atoms with Crippen LogP contribution < -0.4 is 5.73 Å². The van der Waals surface area contributed by atoms with Crippen LogP contribution in [0.5, 0.6) is 0 Å². The molecule has 5 heteroatoms. The van der Waals surface area contributed by atoms with E-state index in [9.17, 15) is 4.79 Å². The molecule has 0 amide bonds. The van der Waals surface area contributed by atoms with E-state index in [0.29, 0.717) is 16.1 Å². The fourth-order valence-electron chi connectivity index (χ4n) is 0.902. The van der Waals surface area contributed by atoms with Crippen molar-refractivity contribution in [2.24, 2.45) is 0 Å². The molecule has 0 fully saturated rings. The smallest absolute Gasteiger partial charge is 0.349 e. The van der Waals surface area contributed by atoms with Crippen molar-refractivity contribution in [3.05, 3.63) is 16.0 Å². The Labute approximate surface area is 79.5 Å². The maximum atomic E-state index is 11.1. The van der Waals surface area contributed by atoms with E-state index in [1.165, 1.54) is 7.11 Å². The molecule has 4 nitrogen and oxygen atoms in total. The van der Waals surface area contributed by atoms with Crippen molar-refractivity contribution in [1.82, 2.24) is 0 Å². The van der Waals surface area contributed by atoms with Gasteiger partial charge in [0.15, 0.2) is 0 Å². The summed E-state index contributed by atoms with van der Waals surface area (Å²) in [5.74, 6) is -0.513. The summed E-state index contributed by atoms with van der Waals surface area (Å²) in [7, 11) is 1.27. The SMILES string of the molecule is COC(=O)c1sc(N)c(C)c1C#N. The normalized spacial score (nSPS) is 9.31. The Morgan fingerprint density at radius 2 is 2.31 bits per heavy atom. The molecule has 0 aliphatic rings. The number of methoxy groups -OCH3 is 1. The molecule has 1 aromatic heterocycles. The molecule has 0 radical (unpaired) electrons. The van der Waals surface area contributed by atoms with Crippen LogP contribution in [-0.2, 0) is 4.74 Å². The molecule has 2 N–H and O–H groups in total. The summed E-state index contributed by atoms with van der Waals surface area (Å²) in [6, 6.07) is 1.93. The lowest BCUT2D eigenvalue weighted by atomic mass is 10.2. The Morgan fingerprint density at radius 3 is 2.77 bits per heavy atom.